The molecule has 0 saturated heterocycles. The van der Waals surface area contributed by atoms with Gasteiger partial charge < -0.3 is 10.2 Å². The Morgan fingerprint density at radius 3 is 2.59 bits per heavy atom. The van der Waals surface area contributed by atoms with Crippen LogP contribution in [-0.4, -0.2) is 34.3 Å². The van der Waals surface area contributed by atoms with Gasteiger partial charge in [-0.05, 0) is 38.0 Å². The van der Waals surface area contributed by atoms with E-state index in [1.807, 2.05) is 12.3 Å². The molecule has 8 heteroatoms. The number of anilines is 1. The number of thiazole rings is 1. The number of benzene rings is 1. The summed E-state index contributed by atoms with van der Waals surface area (Å²) < 4.78 is 0. The second-order valence-electron chi connectivity index (χ2n) is 6.70. The fourth-order valence-corrected chi connectivity index (χ4v) is 4.28. The molecule has 0 atom stereocenters. The van der Waals surface area contributed by atoms with Crippen LogP contribution < -0.4 is 5.32 Å². The van der Waals surface area contributed by atoms with E-state index in [1.54, 1.807) is 23.1 Å². The van der Waals surface area contributed by atoms with Crippen LogP contribution in [0.5, 0.6) is 0 Å². The molecule has 1 saturated carbocycles. The number of carbonyl (C=O) groups is 2. The minimum Gasteiger partial charge on any atom is -0.326 e. The maximum atomic E-state index is 13.1. The maximum Gasteiger partial charge on any atom is 0.254 e. The van der Waals surface area contributed by atoms with Gasteiger partial charge in [0.15, 0.2) is 5.13 Å². The third-order valence-electron chi connectivity index (χ3n) is 4.62. The molecule has 2 aromatic rings. The second kappa shape index (κ2) is 9.04. The van der Waals surface area contributed by atoms with Gasteiger partial charge in [-0.2, -0.15) is 0 Å². The van der Waals surface area contributed by atoms with Crippen LogP contribution in [0.25, 0.3) is 0 Å². The van der Waals surface area contributed by atoms with Crippen molar-refractivity contribution in [2.75, 3.05) is 11.9 Å². The zero-order chi connectivity index (χ0) is 19.4. The monoisotopic (exact) mass is 425 g/mol. The number of nitrogens with one attached hydrogen (secondary N) is 1. The number of nitrogens with zero attached hydrogens (tertiary/aromatic N) is 2. The number of halogens is 2. The van der Waals surface area contributed by atoms with Crippen molar-refractivity contribution in [2.45, 2.75) is 45.1 Å². The van der Waals surface area contributed by atoms with E-state index < -0.39 is 0 Å². The van der Waals surface area contributed by atoms with Gasteiger partial charge in [-0.15, -0.1) is 11.3 Å². The Kier molecular flexibility index (Phi) is 6.73. The molecule has 1 aliphatic carbocycles. The summed E-state index contributed by atoms with van der Waals surface area (Å²) >= 11 is 13.4. The molecule has 1 aromatic carbocycles. The van der Waals surface area contributed by atoms with E-state index in [-0.39, 0.29) is 24.4 Å². The molecule has 1 aliphatic rings. The summed E-state index contributed by atoms with van der Waals surface area (Å²) in [4.78, 5) is 31.6. The Morgan fingerprint density at radius 1 is 1.22 bits per heavy atom. The van der Waals surface area contributed by atoms with Crippen molar-refractivity contribution in [2.24, 2.45) is 0 Å². The predicted molar refractivity (Wildman–Crippen MR) is 110 cm³/mol. The van der Waals surface area contributed by atoms with Crippen LogP contribution in [-0.2, 0) is 4.79 Å². The van der Waals surface area contributed by atoms with Crippen molar-refractivity contribution < 1.29 is 9.59 Å². The lowest BCUT2D eigenvalue weighted by atomic mass is 9.93. The fourth-order valence-electron chi connectivity index (χ4n) is 3.28. The number of aromatic nitrogens is 1. The highest BCUT2D eigenvalue weighted by atomic mass is 35.5. The largest absolute Gasteiger partial charge is 0.326 e. The molecule has 27 heavy (non-hydrogen) atoms. The van der Waals surface area contributed by atoms with Gasteiger partial charge in [0.2, 0.25) is 5.91 Å². The summed E-state index contributed by atoms with van der Waals surface area (Å²) in [5.74, 6) is -0.450. The number of rotatable bonds is 5. The van der Waals surface area contributed by atoms with E-state index in [2.05, 4.69) is 10.3 Å². The molecular weight excluding hydrogens is 405 g/mol. The smallest absolute Gasteiger partial charge is 0.254 e. The topological polar surface area (TPSA) is 62.3 Å². The zero-order valence-electron chi connectivity index (χ0n) is 15.0. The normalized spacial score (nSPS) is 14.8. The number of hydrogen-bond donors (Lipinski definition) is 1. The molecule has 5 nitrogen and oxygen atoms in total. The first kappa shape index (κ1) is 20.1. The summed E-state index contributed by atoms with van der Waals surface area (Å²) in [6.07, 6.45) is 5.08. The molecular formula is C19H21Cl2N3O2S. The minimum absolute atomic E-state index is 0.0115. The highest BCUT2D eigenvalue weighted by molar-refractivity contribution is 7.13. The molecule has 3 rings (SSSR count). The third kappa shape index (κ3) is 5.21. The molecule has 1 N–H and O–H groups in total. The van der Waals surface area contributed by atoms with E-state index in [9.17, 15) is 9.59 Å². The van der Waals surface area contributed by atoms with Crippen molar-refractivity contribution in [3.05, 3.63) is 44.9 Å². The van der Waals surface area contributed by atoms with Crippen molar-refractivity contribution in [3.63, 3.8) is 0 Å². The highest BCUT2D eigenvalue weighted by Crippen LogP contribution is 2.27. The first-order chi connectivity index (χ1) is 12.9. The van der Waals surface area contributed by atoms with Crippen LogP contribution in [0.2, 0.25) is 10.0 Å². The van der Waals surface area contributed by atoms with Crippen LogP contribution >= 0.6 is 34.5 Å². The number of aryl methyl sites for hydroxylation is 1. The second-order valence-corrected chi connectivity index (χ2v) is 8.37. The van der Waals surface area contributed by atoms with E-state index >= 15 is 0 Å². The van der Waals surface area contributed by atoms with Gasteiger partial charge in [-0.1, -0.05) is 42.5 Å². The maximum absolute atomic E-state index is 13.1. The van der Waals surface area contributed by atoms with E-state index in [0.29, 0.717) is 20.7 Å². The van der Waals surface area contributed by atoms with Crippen LogP contribution in [0, 0.1) is 6.92 Å². The molecule has 0 aliphatic heterocycles. The summed E-state index contributed by atoms with van der Waals surface area (Å²) in [5.41, 5.74) is 1.29. The highest BCUT2D eigenvalue weighted by Gasteiger charge is 2.28. The van der Waals surface area contributed by atoms with E-state index in [4.69, 9.17) is 23.2 Å². The summed E-state index contributed by atoms with van der Waals surface area (Å²) in [7, 11) is 0. The van der Waals surface area contributed by atoms with Crippen LogP contribution in [0.1, 0.15) is 48.2 Å². The lowest BCUT2D eigenvalue weighted by molar-refractivity contribution is -0.117. The van der Waals surface area contributed by atoms with Crippen LogP contribution in [0.3, 0.4) is 0 Å². The van der Waals surface area contributed by atoms with Gasteiger partial charge in [0.25, 0.3) is 5.91 Å². The van der Waals surface area contributed by atoms with Crippen LogP contribution in [0.15, 0.2) is 23.6 Å². The van der Waals surface area contributed by atoms with Gasteiger partial charge in [-0.25, -0.2) is 4.98 Å². The first-order valence-electron chi connectivity index (χ1n) is 8.92. The Morgan fingerprint density at radius 2 is 1.96 bits per heavy atom. The molecule has 144 valence electrons. The molecule has 1 heterocycles. The molecule has 0 radical (unpaired) electrons. The van der Waals surface area contributed by atoms with Crippen LogP contribution in [0.4, 0.5) is 5.13 Å². The average Bonchev–Trinajstić information content (AvgIpc) is 3.06. The molecule has 0 unspecified atom stereocenters. The number of carbonyl (C=O) groups excluding carboxylic acids is 2. The Labute approximate surface area is 172 Å². The lowest BCUT2D eigenvalue weighted by Gasteiger charge is -2.34. The Bertz CT molecular complexity index is 834. The Balaban J connectivity index is 1.78. The number of hydrogen-bond acceptors (Lipinski definition) is 4. The quantitative estimate of drug-likeness (QED) is 0.718. The average molecular weight is 426 g/mol. The summed E-state index contributed by atoms with van der Waals surface area (Å²) in [5, 5.41) is 5.93. The lowest BCUT2D eigenvalue weighted by Crippen LogP contribution is -2.45. The fraction of sp³-hybridized carbons (Fsp3) is 0.421. The van der Waals surface area contributed by atoms with Gasteiger partial charge in [0.1, 0.15) is 6.54 Å². The van der Waals surface area contributed by atoms with Crippen molar-refractivity contribution in [1.29, 1.82) is 0 Å². The van der Waals surface area contributed by atoms with E-state index in [1.165, 1.54) is 11.3 Å². The summed E-state index contributed by atoms with van der Waals surface area (Å²) in [6, 6.07) is 4.86. The third-order valence-corrected chi connectivity index (χ3v) is 6.24. The van der Waals surface area contributed by atoms with E-state index in [0.717, 1.165) is 37.8 Å². The first-order valence-corrected chi connectivity index (χ1v) is 10.6. The summed E-state index contributed by atoms with van der Waals surface area (Å²) in [6.45, 7) is 1.86. The number of amides is 2. The minimum atomic E-state index is -0.247. The van der Waals surface area contributed by atoms with Gasteiger partial charge in [0.05, 0.1) is 15.7 Å². The van der Waals surface area contributed by atoms with Crippen molar-refractivity contribution in [1.82, 2.24) is 9.88 Å². The SMILES string of the molecule is Cc1csc(NC(=O)CN(C(=O)c2ccc(Cl)c(Cl)c2)C2CCCCC2)n1. The molecule has 1 fully saturated rings. The van der Waals surface area contributed by atoms with Gasteiger partial charge in [-0.3, -0.25) is 9.59 Å². The van der Waals surface area contributed by atoms with Crippen molar-refractivity contribution in [3.8, 4) is 0 Å². The zero-order valence-corrected chi connectivity index (χ0v) is 17.3. The Hall–Kier alpha value is -1.63. The predicted octanol–water partition coefficient (Wildman–Crippen LogP) is 5.17. The molecule has 0 bridgehead atoms. The van der Waals surface area contributed by atoms with Gasteiger partial charge >= 0.3 is 0 Å². The molecule has 0 spiro atoms. The van der Waals surface area contributed by atoms with Crippen molar-refractivity contribution >= 4 is 51.5 Å². The van der Waals surface area contributed by atoms with Gasteiger partial charge in [0, 0.05) is 17.0 Å². The molecule has 1 aromatic heterocycles. The molecule has 2 amide bonds. The standard InChI is InChI=1S/C19H21Cl2N3O2S/c1-12-11-27-19(22-12)23-17(25)10-24(14-5-3-2-4-6-14)18(26)13-7-8-15(20)16(21)9-13/h7-9,11,14H,2-6,10H2,1H3,(H,22,23,25).